The molecule has 1 rings (SSSR count). The molecule has 0 bridgehead atoms. The lowest BCUT2D eigenvalue weighted by Crippen LogP contribution is -2.42. The molecule has 0 unspecified atom stereocenters. The van der Waals surface area contributed by atoms with Gasteiger partial charge >= 0.3 is 6.09 Å². The molecule has 1 aromatic carbocycles. The fraction of sp³-hybridized carbons (Fsp3) is 0.556. The van der Waals surface area contributed by atoms with E-state index in [1.807, 2.05) is 45.0 Å². The number of guanidine groups is 1. The molecule has 1 aromatic rings. The summed E-state index contributed by atoms with van der Waals surface area (Å²) in [5.74, 6) is 1.48. The second-order valence-electron chi connectivity index (χ2n) is 6.57. The van der Waals surface area contributed by atoms with Crippen molar-refractivity contribution in [3.8, 4) is 5.75 Å². The lowest BCUT2D eigenvalue weighted by Gasteiger charge is -2.25. The molecule has 26 heavy (non-hydrogen) atoms. The van der Waals surface area contributed by atoms with Gasteiger partial charge in [0.1, 0.15) is 11.4 Å². The van der Waals surface area contributed by atoms with E-state index in [-0.39, 0.29) is 30.1 Å². The number of hydrogen-bond donors (Lipinski definition) is 2. The summed E-state index contributed by atoms with van der Waals surface area (Å²) in [7, 11) is 5.06. The summed E-state index contributed by atoms with van der Waals surface area (Å²) in [5, 5.41) is 6.40. The molecule has 0 heterocycles. The van der Waals surface area contributed by atoms with E-state index >= 15 is 0 Å². The van der Waals surface area contributed by atoms with Crippen molar-refractivity contribution in [2.75, 3.05) is 34.3 Å². The van der Waals surface area contributed by atoms with Crippen LogP contribution < -0.4 is 15.4 Å². The number of benzene rings is 1. The minimum atomic E-state index is -0.495. The van der Waals surface area contributed by atoms with E-state index in [0.717, 1.165) is 11.3 Å². The van der Waals surface area contributed by atoms with E-state index in [1.165, 1.54) is 4.90 Å². The van der Waals surface area contributed by atoms with Crippen molar-refractivity contribution in [3.63, 3.8) is 0 Å². The lowest BCUT2D eigenvalue weighted by atomic mass is 10.2. The molecular formula is C18H31IN4O3. The summed E-state index contributed by atoms with van der Waals surface area (Å²) in [6.07, 6.45) is -0.341. The highest BCUT2D eigenvalue weighted by atomic mass is 127. The molecule has 0 saturated carbocycles. The third-order valence-electron chi connectivity index (χ3n) is 3.31. The third-order valence-corrected chi connectivity index (χ3v) is 3.31. The first-order valence-electron chi connectivity index (χ1n) is 8.27. The maximum absolute atomic E-state index is 11.9. The van der Waals surface area contributed by atoms with Gasteiger partial charge < -0.3 is 25.0 Å². The zero-order valence-electron chi connectivity index (χ0n) is 16.5. The van der Waals surface area contributed by atoms with Crippen LogP contribution in [0.5, 0.6) is 5.75 Å². The molecule has 0 aliphatic carbocycles. The van der Waals surface area contributed by atoms with Crippen LogP contribution in [0.4, 0.5) is 4.79 Å². The molecule has 0 aromatic heterocycles. The summed E-state index contributed by atoms with van der Waals surface area (Å²) in [6, 6.07) is 7.81. The third kappa shape index (κ3) is 9.12. The predicted octanol–water partition coefficient (Wildman–Crippen LogP) is 2.85. The van der Waals surface area contributed by atoms with Crippen molar-refractivity contribution < 1.29 is 14.3 Å². The first-order valence-corrected chi connectivity index (χ1v) is 8.27. The van der Waals surface area contributed by atoms with E-state index in [1.54, 1.807) is 21.2 Å². The zero-order chi connectivity index (χ0) is 18.9. The maximum Gasteiger partial charge on any atom is 0.410 e. The number of halogens is 1. The highest BCUT2D eigenvalue weighted by Crippen LogP contribution is 2.16. The molecule has 2 N–H and O–H groups in total. The van der Waals surface area contributed by atoms with Crippen molar-refractivity contribution in [1.82, 2.24) is 15.5 Å². The normalized spacial score (nSPS) is 11.2. The van der Waals surface area contributed by atoms with Crippen LogP contribution in [0.3, 0.4) is 0 Å². The molecule has 0 spiro atoms. The fourth-order valence-electron chi connectivity index (χ4n) is 2.02. The fourth-order valence-corrected chi connectivity index (χ4v) is 2.02. The Morgan fingerprint density at radius 1 is 1.23 bits per heavy atom. The Balaban J connectivity index is 0.00000625. The van der Waals surface area contributed by atoms with Crippen LogP contribution in [0.1, 0.15) is 26.3 Å². The van der Waals surface area contributed by atoms with E-state index in [4.69, 9.17) is 9.47 Å². The van der Waals surface area contributed by atoms with E-state index in [2.05, 4.69) is 15.6 Å². The monoisotopic (exact) mass is 478 g/mol. The molecule has 148 valence electrons. The summed E-state index contributed by atoms with van der Waals surface area (Å²) < 4.78 is 10.6. The van der Waals surface area contributed by atoms with Gasteiger partial charge in [-0.3, -0.25) is 4.99 Å². The van der Waals surface area contributed by atoms with Gasteiger partial charge in [0.15, 0.2) is 5.96 Å². The molecule has 0 fully saturated rings. The SMILES string of the molecule is CN=C(NCCN(C)C(=O)OC(C)(C)C)NCc1ccccc1OC.I. The second-order valence-corrected chi connectivity index (χ2v) is 6.57. The molecule has 0 atom stereocenters. The van der Waals surface area contributed by atoms with Gasteiger partial charge in [0, 0.05) is 39.3 Å². The van der Waals surface area contributed by atoms with Crippen molar-refractivity contribution >= 4 is 36.0 Å². The van der Waals surface area contributed by atoms with Gasteiger partial charge in [-0.2, -0.15) is 0 Å². The van der Waals surface area contributed by atoms with Gasteiger partial charge in [0.2, 0.25) is 0 Å². The summed E-state index contributed by atoms with van der Waals surface area (Å²) in [5.41, 5.74) is 0.546. The van der Waals surface area contributed by atoms with Crippen molar-refractivity contribution in [1.29, 1.82) is 0 Å². The number of para-hydroxylation sites is 1. The van der Waals surface area contributed by atoms with E-state index in [0.29, 0.717) is 25.6 Å². The first-order chi connectivity index (χ1) is 11.8. The van der Waals surface area contributed by atoms with E-state index in [9.17, 15) is 4.79 Å². The van der Waals surface area contributed by atoms with Crippen LogP contribution in [0.15, 0.2) is 29.3 Å². The molecular weight excluding hydrogens is 447 g/mol. The number of nitrogens with zero attached hydrogens (tertiary/aromatic N) is 2. The highest BCUT2D eigenvalue weighted by Gasteiger charge is 2.19. The molecule has 7 nitrogen and oxygen atoms in total. The first kappa shape index (κ1) is 24.3. The number of ether oxygens (including phenoxy) is 2. The van der Waals surface area contributed by atoms with E-state index < -0.39 is 5.60 Å². The number of hydrogen-bond acceptors (Lipinski definition) is 4. The molecule has 0 aliphatic heterocycles. The lowest BCUT2D eigenvalue weighted by molar-refractivity contribution is 0.0302. The quantitative estimate of drug-likeness (QED) is 0.374. The van der Waals surface area contributed by atoms with Crippen molar-refractivity contribution in [2.45, 2.75) is 32.9 Å². The smallest absolute Gasteiger partial charge is 0.410 e. The Kier molecular flexibility index (Phi) is 11.0. The topological polar surface area (TPSA) is 75.2 Å². The Bertz CT molecular complexity index is 588. The van der Waals surface area contributed by atoms with Gasteiger partial charge in [0.05, 0.1) is 7.11 Å². The minimum absolute atomic E-state index is 0. The average molecular weight is 478 g/mol. The largest absolute Gasteiger partial charge is 0.496 e. The Labute approximate surface area is 173 Å². The second kappa shape index (κ2) is 11.8. The zero-order valence-corrected chi connectivity index (χ0v) is 18.8. The van der Waals surface area contributed by atoms with Gasteiger partial charge in [-0.1, -0.05) is 18.2 Å². The number of rotatable bonds is 6. The number of amides is 1. The van der Waals surface area contributed by atoms with Gasteiger partial charge in [-0.25, -0.2) is 4.79 Å². The van der Waals surface area contributed by atoms with Gasteiger partial charge in [-0.15, -0.1) is 24.0 Å². The number of carbonyl (C=O) groups is 1. The number of methoxy groups -OCH3 is 1. The molecule has 0 saturated heterocycles. The van der Waals surface area contributed by atoms with Gasteiger partial charge in [0.25, 0.3) is 0 Å². The van der Waals surface area contributed by atoms with Crippen molar-refractivity contribution in [2.24, 2.45) is 4.99 Å². The summed E-state index contributed by atoms with van der Waals surface area (Å²) in [4.78, 5) is 17.6. The number of likely N-dealkylation sites (N-methyl/N-ethyl adjacent to an activating group) is 1. The number of carbonyl (C=O) groups excluding carboxylic acids is 1. The van der Waals surface area contributed by atoms with Crippen LogP contribution in [-0.2, 0) is 11.3 Å². The standard InChI is InChI=1S/C18H30N4O3.HI/c1-18(2,3)25-17(23)22(5)12-11-20-16(19-4)21-13-14-9-7-8-10-15(14)24-6;/h7-10H,11-13H2,1-6H3,(H2,19,20,21);1H. The van der Waals surface area contributed by atoms with Crippen LogP contribution in [0.25, 0.3) is 0 Å². The average Bonchev–Trinajstić information content (AvgIpc) is 2.56. The summed E-state index contributed by atoms with van der Waals surface area (Å²) >= 11 is 0. The Morgan fingerprint density at radius 3 is 2.46 bits per heavy atom. The van der Waals surface area contributed by atoms with Crippen LogP contribution in [0, 0.1) is 0 Å². The highest BCUT2D eigenvalue weighted by molar-refractivity contribution is 14.0. The van der Waals surface area contributed by atoms with Gasteiger partial charge in [-0.05, 0) is 26.8 Å². The number of aliphatic imine (C=N–C) groups is 1. The molecule has 1 amide bonds. The Morgan fingerprint density at radius 2 is 1.88 bits per heavy atom. The molecule has 0 aliphatic rings. The molecule has 8 heteroatoms. The molecule has 0 radical (unpaired) electrons. The Hall–Kier alpha value is -1.71. The van der Waals surface area contributed by atoms with Crippen LogP contribution in [0.2, 0.25) is 0 Å². The summed E-state index contributed by atoms with van der Waals surface area (Å²) in [6.45, 7) is 7.19. The van der Waals surface area contributed by atoms with Crippen molar-refractivity contribution in [3.05, 3.63) is 29.8 Å². The van der Waals surface area contributed by atoms with Crippen LogP contribution in [-0.4, -0.2) is 56.8 Å². The number of nitrogens with one attached hydrogen (secondary N) is 2. The van der Waals surface area contributed by atoms with Crippen LogP contribution >= 0.6 is 24.0 Å². The predicted molar refractivity (Wildman–Crippen MR) is 115 cm³/mol. The minimum Gasteiger partial charge on any atom is -0.496 e. The maximum atomic E-state index is 11.9.